The predicted octanol–water partition coefficient (Wildman–Crippen LogP) is 1.20. The quantitative estimate of drug-likeness (QED) is 0.486. The average Bonchev–Trinajstić information content (AvgIpc) is 2.51. The Kier molecular flexibility index (Phi) is 7.53. The molecule has 0 spiro atoms. The van der Waals surface area contributed by atoms with E-state index in [1.165, 1.54) is 4.57 Å². The molecule has 0 aliphatic heterocycles. The summed E-state index contributed by atoms with van der Waals surface area (Å²) in [6, 6.07) is 0. The van der Waals surface area contributed by atoms with E-state index in [0.29, 0.717) is 24.7 Å². The van der Waals surface area contributed by atoms with Crippen LogP contribution in [0.1, 0.15) is 33.1 Å². The van der Waals surface area contributed by atoms with Crippen LogP contribution in [0.2, 0.25) is 0 Å². The van der Waals surface area contributed by atoms with E-state index >= 15 is 0 Å². The summed E-state index contributed by atoms with van der Waals surface area (Å²) in [4.78, 5) is 28.2. The second-order valence-electron chi connectivity index (χ2n) is 5.12. The Hall–Kier alpha value is -2.09. The normalized spacial score (nSPS) is 10.3. The summed E-state index contributed by atoms with van der Waals surface area (Å²) in [5.41, 5.74) is 5.30. The van der Waals surface area contributed by atoms with Crippen LogP contribution in [-0.4, -0.2) is 27.8 Å². The van der Waals surface area contributed by atoms with Crippen LogP contribution in [0, 0.1) is 0 Å². The number of aromatic amines is 1. The molecule has 0 atom stereocenters. The Morgan fingerprint density at radius 2 is 2.13 bits per heavy atom. The van der Waals surface area contributed by atoms with Crippen LogP contribution in [0.4, 0.5) is 11.5 Å². The first kappa shape index (κ1) is 19.0. The fraction of sp³-hybridized carbons (Fsp3) is 0.533. The molecule has 0 aromatic carbocycles. The Labute approximate surface area is 141 Å². The van der Waals surface area contributed by atoms with Crippen LogP contribution in [0.3, 0.4) is 0 Å². The lowest BCUT2D eigenvalue weighted by molar-refractivity contribution is 0.604. The Bertz CT molecular complexity index is 665. The van der Waals surface area contributed by atoms with Crippen molar-refractivity contribution in [3.63, 3.8) is 0 Å². The van der Waals surface area contributed by atoms with Crippen molar-refractivity contribution < 1.29 is 0 Å². The number of nitrogens with one attached hydrogen (secondary N) is 2. The highest BCUT2D eigenvalue weighted by Crippen LogP contribution is 2.17. The zero-order valence-corrected chi connectivity index (χ0v) is 14.5. The molecule has 0 aliphatic carbocycles. The number of rotatable bonds is 8. The minimum absolute atomic E-state index is 0.142. The molecule has 0 radical (unpaired) electrons. The van der Waals surface area contributed by atoms with Crippen molar-refractivity contribution in [1.29, 1.82) is 0 Å². The van der Waals surface area contributed by atoms with E-state index in [0.717, 1.165) is 19.3 Å². The first-order valence-electron chi connectivity index (χ1n) is 7.76. The van der Waals surface area contributed by atoms with E-state index < -0.39 is 11.2 Å². The van der Waals surface area contributed by atoms with Gasteiger partial charge in [-0.2, -0.15) is 0 Å². The van der Waals surface area contributed by atoms with Gasteiger partial charge in [-0.15, -0.1) is 6.58 Å². The largest absolute Gasteiger partial charge is 0.383 e. The Morgan fingerprint density at radius 3 is 2.70 bits per heavy atom. The third kappa shape index (κ3) is 4.69. The van der Waals surface area contributed by atoms with Crippen LogP contribution in [0.5, 0.6) is 0 Å². The van der Waals surface area contributed by atoms with Crippen LogP contribution in [0.15, 0.2) is 22.2 Å². The molecule has 1 aromatic heterocycles. The molecule has 1 aromatic rings. The molecule has 0 aliphatic rings. The van der Waals surface area contributed by atoms with Gasteiger partial charge >= 0.3 is 5.69 Å². The maximum atomic E-state index is 12.3. The lowest BCUT2D eigenvalue weighted by Gasteiger charge is -2.26. The van der Waals surface area contributed by atoms with Crippen molar-refractivity contribution in [2.24, 2.45) is 0 Å². The van der Waals surface area contributed by atoms with Crippen molar-refractivity contribution in [1.82, 2.24) is 14.9 Å². The van der Waals surface area contributed by atoms with Gasteiger partial charge in [-0.1, -0.05) is 26.3 Å². The van der Waals surface area contributed by atoms with Crippen molar-refractivity contribution in [2.45, 2.75) is 39.7 Å². The molecule has 7 nitrogen and oxygen atoms in total. The number of hydrogen-bond donors (Lipinski definition) is 3. The molecule has 0 unspecified atom stereocenters. The van der Waals surface area contributed by atoms with Crippen molar-refractivity contribution in [3.05, 3.63) is 33.5 Å². The highest BCUT2D eigenvalue weighted by atomic mass is 32.1. The van der Waals surface area contributed by atoms with Crippen LogP contribution >= 0.6 is 12.2 Å². The summed E-state index contributed by atoms with van der Waals surface area (Å²) < 4.78 is 1.39. The fourth-order valence-electron chi connectivity index (χ4n) is 2.17. The van der Waals surface area contributed by atoms with E-state index in [2.05, 4.69) is 16.9 Å². The van der Waals surface area contributed by atoms with Gasteiger partial charge < -0.3 is 16.0 Å². The van der Waals surface area contributed by atoms with Crippen LogP contribution in [0.25, 0.3) is 0 Å². The molecule has 0 saturated carbocycles. The van der Waals surface area contributed by atoms with Gasteiger partial charge in [-0.05, 0) is 25.1 Å². The minimum atomic E-state index is -0.531. The van der Waals surface area contributed by atoms with E-state index in [1.807, 2.05) is 13.8 Å². The SMILES string of the molecule is C=CCNC(=S)N(CCC)c1c(N)n(CCCC)c(=O)[nH]c1=O. The van der Waals surface area contributed by atoms with E-state index in [1.54, 1.807) is 11.0 Å². The zero-order valence-electron chi connectivity index (χ0n) is 13.7. The van der Waals surface area contributed by atoms with E-state index in [9.17, 15) is 9.59 Å². The molecule has 0 fully saturated rings. The summed E-state index contributed by atoms with van der Waals surface area (Å²) in [6.07, 6.45) is 4.15. The molecule has 8 heteroatoms. The molecule has 0 saturated heterocycles. The molecular formula is C15H25N5O2S. The molecular weight excluding hydrogens is 314 g/mol. The summed E-state index contributed by atoms with van der Waals surface area (Å²) in [5.74, 6) is 0.142. The maximum absolute atomic E-state index is 12.3. The summed E-state index contributed by atoms with van der Waals surface area (Å²) >= 11 is 5.34. The van der Waals surface area contributed by atoms with Gasteiger partial charge in [-0.25, -0.2) is 4.79 Å². The molecule has 0 amide bonds. The number of nitrogens with two attached hydrogens (primary N) is 1. The topological polar surface area (TPSA) is 96.2 Å². The zero-order chi connectivity index (χ0) is 17.4. The molecule has 128 valence electrons. The molecule has 23 heavy (non-hydrogen) atoms. The Morgan fingerprint density at radius 1 is 1.43 bits per heavy atom. The van der Waals surface area contributed by atoms with Crippen LogP contribution < -0.4 is 27.2 Å². The number of nitrogen functional groups attached to an aromatic ring is 1. The van der Waals surface area contributed by atoms with Gasteiger partial charge in [0.2, 0.25) is 0 Å². The number of H-pyrrole nitrogens is 1. The summed E-state index contributed by atoms with van der Waals surface area (Å²) in [6.45, 7) is 9.07. The second-order valence-corrected chi connectivity index (χ2v) is 5.51. The molecule has 4 N–H and O–H groups in total. The number of aromatic nitrogens is 2. The highest BCUT2D eigenvalue weighted by Gasteiger charge is 2.21. The first-order valence-corrected chi connectivity index (χ1v) is 8.17. The second kappa shape index (κ2) is 9.14. The number of unbranched alkanes of at least 4 members (excludes halogenated alkanes) is 1. The molecule has 1 rings (SSSR count). The standard InChI is InChI=1S/C15H25N5O2S/c1-4-7-10-20-12(16)11(13(21)18-14(20)22)19(9-6-3)15(23)17-8-5-2/h5H,2,4,6-10,16H2,1,3H3,(H,17,23)(H,18,21,22). The number of anilines is 2. The maximum Gasteiger partial charge on any atom is 0.330 e. The monoisotopic (exact) mass is 339 g/mol. The van der Waals surface area contributed by atoms with Crippen molar-refractivity contribution in [3.8, 4) is 0 Å². The lowest BCUT2D eigenvalue weighted by Crippen LogP contribution is -2.45. The smallest absolute Gasteiger partial charge is 0.330 e. The predicted molar refractivity (Wildman–Crippen MR) is 99.1 cm³/mol. The van der Waals surface area contributed by atoms with Crippen LogP contribution in [-0.2, 0) is 6.54 Å². The highest BCUT2D eigenvalue weighted by molar-refractivity contribution is 7.80. The van der Waals surface area contributed by atoms with E-state index in [4.69, 9.17) is 18.0 Å². The van der Waals surface area contributed by atoms with Crippen molar-refractivity contribution in [2.75, 3.05) is 23.7 Å². The third-order valence-corrected chi connectivity index (χ3v) is 3.67. The van der Waals surface area contributed by atoms with Gasteiger partial charge in [0.1, 0.15) is 5.82 Å². The third-order valence-electron chi connectivity index (χ3n) is 3.31. The Balaban J connectivity index is 3.35. The summed E-state index contributed by atoms with van der Waals surface area (Å²) in [7, 11) is 0. The fourth-order valence-corrected chi connectivity index (χ4v) is 2.44. The molecule has 1 heterocycles. The average molecular weight is 339 g/mol. The van der Waals surface area contributed by atoms with Gasteiger partial charge in [0.15, 0.2) is 10.8 Å². The van der Waals surface area contributed by atoms with E-state index in [-0.39, 0.29) is 11.5 Å². The van der Waals surface area contributed by atoms with Gasteiger partial charge in [-0.3, -0.25) is 14.3 Å². The van der Waals surface area contributed by atoms with Gasteiger partial charge in [0.05, 0.1) is 0 Å². The lowest BCUT2D eigenvalue weighted by atomic mass is 10.3. The number of thiocarbonyl (C=S) groups is 1. The van der Waals surface area contributed by atoms with Gasteiger partial charge in [0.25, 0.3) is 5.56 Å². The number of hydrogen-bond acceptors (Lipinski definition) is 4. The van der Waals surface area contributed by atoms with Crippen molar-refractivity contribution >= 4 is 28.8 Å². The number of nitrogens with zero attached hydrogens (tertiary/aromatic N) is 2. The first-order chi connectivity index (χ1) is 11.0. The minimum Gasteiger partial charge on any atom is -0.383 e. The van der Waals surface area contributed by atoms with Gasteiger partial charge in [0, 0.05) is 19.6 Å². The molecule has 0 bridgehead atoms. The summed E-state index contributed by atoms with van der Waals surface area (Å²) in [5, 5.41) is 3.37.